The van der Waals surface area contributed by atoms with Crippen LogP contribution in [-0.4, -0.2) is 108 Å². The minimum Gasteiger partial charge on any atom is -0.390 e. The first-order valence-corrected chi connectivity index (χ1v) is 9.30. The molecule has 7 heteroatoms. The molecule has 0 saturated carbocycles. The Morgan fingerprint density at radius 1 is 0.917 bits per heavy atom. The Bertz CT molecular complexity index is 445. The number of rotatable bonds is 6. The Labute approximate surface area is 144 Å². The average Bonchev–Trinajstić information content (AvgIpc) is 3.20. The fourth-order valence-electron chi connectivity index (χ4n) is 3.92. The summed E-state index contributed by atoms with van der Waals surface area (Å²) in [5.74, 6) is 0.395. The van der Waals surface area contributed by atoms with E-state index < -0.39 is 6.10 Å². The molecule has 3 saturated heterocycles. The third kappa shape index (κ3) is 4.68. The smallest absolute Gasteiger partial charge is 0.236 e. The fraction of sp³-hybridized carbons (Fsp3) is 0.882. The minimum atomic E-state index is -0.501. The SMILES string of the molecule is O=C(CN1CCCC1)N1CCN(CC(O)CN2CCCC2=O)CC1. The molecule has 0 aromatic carbocycles. The fourth-order valence-corrected chi connectivity index (χ4v) is 3.92. The van der Waals surface area contributed by atoms with E-state index in [1.165, 1.54) is 12.8 Å². The molecule has 0 radical (unpaired) electrons. The van der Waals surface area contributed by atoms with Crippen molar-refractivity contribution in [1.29, 1.82) is 0 Å². The van der Waals surface area contributed by atoms with Gasteiger partial charge in [-0.05, 0) is 32.4 Å². The molecule has 1 atom stereocenters. The Hall–Kier alpha value is -1.18. The summed E-state index contributed by atoms with van der Waals surface area (Å²) in [6.45, 7) is 7.52. The van der Waals surface area contributed by atoms with E-state index in [1.807, 2.05) is 4.90 Å². The molecule has 3 heterocycles. The van der Waals surface area contributed by atoms with Gasteiger partial charge in [-0.2, -0.15) is 0 Å². The van der Waals surface area contributed by atoms with Crippen LogP contribution in [0.25, 0.3) is 0 Å². The van der Waals surface area contributed by atoms with E-state index in [1.54, 1.807) is 4.90 Å². The van der Waals surface area contributed by atoms with Gasteiger partial charge in [0.05, 0.1) is 12.6 Å². The van der Waals surface area contributed by atoms with Gasteiger partial charge in [-0.3, -0.25) is 19.4 Å². The molecule has 136 valence electrons. The van der Waals surface area contributed by atoms with Crippen molar-refractivity contribution >= 4 is 11.8 Å². The van der Waals surface area contributed by atoms with E-state index in [-0.39, 0.29) is 11.8 Å². The van der Waals surface area contributed by atoms with Crippen molar-refractivity contribution in [2.24, 2.45) is 0 Å². The summed E-state index contributed by atoms with van der Waals surface area (Å²) in [5.41, 5.74) is 0. The molecular weight excluding hydrogens is 308 g/mol. The van der Waals surface area contributed by atoms with Crippen LogP contribution in [0, 0.1) is 0 Å². The number of piperazine rings is 1. The van der Waals surface area contributed by atoms with Crippen molar-refractivity contribution in [3.63, 3.8) is 0 Å². The van der Waals surface area contributed by atoms with E-state index >= 15 is 0 Å². The second kappa shape index (κ2) is 8.27. The molecule has 0 bridgehead atoms. The molecule has 0 aromatic heterocycles. The topological polar surface area (TPSA) is 67.3 Å². The van der Waals surface area contributed by atoms with Crippen molar-refractivity contribution in [3.05, 3.63) is 0 Å². The van der Waals surface area contributed by atoms with Gasteiger partial charge >= 0.3 is 0 Å². The first-order chi connectivity index (χ1) is 11.6. The molecule has 1 unspecified atom stereocenters. The lowest BCUT2D eigenvalue weighted by molar-refractivity contribution is -0.134. The summed E-state index contributed by atoms with van der Waals surface area (Å²) in [7, 11) is 0. The maximum absolute atomic E-state index is 12.3. The second-order valence-corrected chi connectivity index (χ2v) is 7.26. The number of β-amino-alcohol motifs (C(OH)–C–C–N with tert-alkyl or cyclic N) is 1. The van der Waals surface area contributed by atoms with E-state index in [4.69, 9.17) is 0 Å². The quantitative estimate of drug-likeness (QED) is 0.687. The van der Waals surface area contributed by atoms with Crippen molar-refractivity contribution in [2.45, 2.75) is 31.8 Å². The number of amides is 2. The molecule has 2 amide bonds. The summed E-state index contributed by atoms with van der Waals surface area (Å²) in [6.07, 6.45) is 3.43. The molecule has 7 nitrogen and oxygen atoms in total. The molecule has 3 aliphatic rings. The molecule has 24 heavy (non-hydrogen) atoms. The van der Waals surface area contributed by atoms with Crippen LogP contribution in [-0.2, 0) is 9.59 Å². The Morgan fingerprint density at radius 2 is 1.62 bits per heavy atom. The number of hydrogen-bond acceptors (Lipinski definition) is 5. The minimum absolute atomic E-state index is 0.159. The molecule has 3 fully saturated rings. The van der Waals surface area contributed by atoms with Gasteiger partial charge in [0.25, 0.3) is 0 Å². The van der Waals surface area contributed by atoms with Crippen LogP contribution in [0.4, 0.5) is 0 Å². The standard InChI is InChI=1S/C17H30N4O3/c22-15(13-21-7-3-4-16(21)23)12-19-8-10-20(11-9-19)17(24)14-18-5-1-2-6-18/h15,22H,1-14H2. The van der Waals surface area contributed by atoms with Gasteiger partial charge in [-0.25, -0.2) is 0 Å². The Balaban J connectivity index is 1.35. The number of likely N-dealkylation sites (tertiary alicyclic amines) is 2. The Morgan fingerprint density at radius 3 is 2.25 bits per heavy atom. The number of nitrogens with zero attached hydrogens (tertiary/aromatic N) is 4. The van der Waals surface area contributed by atoms with Crippen molar-refractivity contribution < 1.29 is 14.7 Å². The predicted octanol–water partition coefficient (Wildman–Crippen LogP) is -0.790. The van der Waals surface area contributed by atoms with Crippen LogP contribution in [0.3, 0.4) is 0 Å². The normalized spacial score (nSPS) is 24.8. The van der Waals surface area contributed by atoms with Gasteiger partial charge in [0.1, 0.15) is 0 Å². The lowest BCUT2D eigenvalue weighted by Crippen LogP contribution is -2.53. The zero-order chi connectivity index (χ0) is 16.9. The average molecular weight is 338 g/mol. The highest BCUT2D eigenvalue weighted by atomic mass is 16.3. The molecule has 3 aliphatic heterocycles. The zero-order valence-electron chi connectivity index (χ0n) is 14.5. The van der Waals surface area contributed by atoms with Crippen LogP contribution in [0.5, 0.6) is 0 Å². The third-order valence-electron chi connectivity index (χ3n) is 5.35. The maximum atomic E-state index is 12.3. The molecule has 0 aromatic rings. The van der Waals surface area contributed by atoms with E-state index in [9.17, 15) is 14.7 Å². The highest BCUT2D eigenvalue weighted by Crippen LogP contribution is 2.12. The van der Waals surface area contributed by atoms with Crippen molar-refractivity contribution in [2.75, 3.05) is 65.4 Å². The summed E-state index contributed by atoms with van der Waals surface area (Å²) >= 11 is 0. The first-order valence-electron chi connectivity index (χ1n) is 9.30. The van der Waals surface area contributed by atoms with Crippen LogP contribution < -0.4 is 0 Å². The predicted molar refractivity (Wildman–Crippen MR) is 90.5 cm³/mol. The second-order valence-electron chi connectivity index (χ2n) is 7.26. The highest BCUT2D eigenvalue weighted by molar-refractivity contribution is 5.78. The summed E-state index contributed by atoms with van der Waals surface area (Å²) in [6, 6.07) is 0. The van der Waals surface area contributed by atoms with Crippen molar-refractivity contribution in [3.8, 4) is 0 Å². The summed E-state index contributed by atoms with van der Waals surface area (Å²) in [4.78, 5) is 32.1. The summed E-state index contributed by atoms with van der Waals surface area (Å²) in [5, 5.41) is 10.2. The van der Waals surface area contributed by atoms with Gasteiger partial charge in [0, 0.05) is 52.2 Å². The maximum Gasteiger partial charge on any atom is 0.236 e. The van der Waals surface area contributed by atoms with E-state index in [2.05, 4.69) is 9.80 Å². The van der Waals surface area contributed by atoms with Crippen LogP contribution in [0.1, 0.15) is 25.7 Å². The molecule has 0 aliphatic carbocycles. The lowest BCUT2D eigenvalue weighted by atomic mass is 10.2. The molecule has 3 rings (SSSR count). The lowest BCUT2D eigenvalue weighted by Gasteiger charge is -2.36. The van der Waals surface area contributed by atoms with Crippen molar-refractivity contribution in [1.82, 2.24) is 19.6 Å². The number of aliphatic hydroxyl groups is 1. The molecular formula is C17H30N4O3. The Kier molecular flexibility index (Phi) is 6.08. The monoisotopic (exact) mass is 338 g/mol. The van der Waals surface area contributed by atoms with Crippen LogP contribution in [0.2, 0.25) is 0 Å². The van der Waals surface area contributed by atoms with Gasteiger partial charge in [-0.15, -0.1) is 0 Å². The molecule has 0 spiro atoms. The van der Waals surface area contributed by atoms with E-state index in [0.717, 1.165) is 52.2 Å². The number of aliphatic hydroxyl groups excluding tert-OH is 1. The largest absolute Gasteiger partial charge is 0.390 e. The summed E-state index contributed by atoms with van der Waals surface area (Å²) < 4.78 is 0. The zero-order valence-corrected chi connectivity index (χ0v) is 14.5. The first kappa shape index (κ1) is 17.6. The van der Waals surface area contributed by atoms with Gasteiger partial charge < -0.3 is 14.9 Å². The third-order valence-corrected chi connectivity index (χ3v) is 5.35. The molecule has 1 N–H and O–H groups in total. The van der Waals surface area contributed by atoms with Gasteiger partial charge in [0.15, 0.2) is 0 Å². The van der Waals surface area contributed by atoms with Gasteiger partial charge in [0.2, 0.25) is 11.8 Å². The van der Waals surface area contributed by atoms with Crippen LogP contribution >= 0.6 is 0 Å². The number of carbonyl (C=O) groups is 2. The highest BCUT2D eigenvalue weighted by Gasteiger charge is 2.27. The van der Waals surface area contributed by atoms with Gasteiger partial charge in [-0.1, -0.05) is 0 Å². The van der Waals surface area contributed by atoms with E-state index in [0.29, 0.717) is 26.1 Å². The van der Waals surface area contributed by atoms with Crippen LogP contribution in [0.15, 0.2) is 0 Å². The number of carbonyl (C=O) groups excluding carboxylic acids is 2. The number of hydrogen-bond donors (Lipinski definition) is 1.